The van der Waals surface area contributed by atoms with Crippen LogP contribution in [0.5, 0.6) is 0 Å². The maximum atomic E-state index is 6.19. The SMILES string of the molecule is Clc1ccc(Cl)c(NCc2ccc(Cl)c3cccnc23)c1. The van der Waals surface area contributed by atoms with Crippen molar-refractivity contribution in [3.63, 3.8) is 0 Å². The van der Waals surface area contributed by atoms with Crippen molar-refractivity contribution in [2.24, 2.45) is 0 Å². The van der Waals surface area contributed by atoms with Crippen molar-refractivity contribution in [1.82, 2.24) is 4.98 Å². The van der Waals surface area contributed by atoms with Crippen molar-refractivity contribution in [2.45, 2.75) is 6.54 Å². The molecule has 1 N–H and O–H groups in total. The summed E-state index contributed by atoms with van der Waals surface area (Å²) in [6.07, 6.45) is 1.76. The molecule has 0 saturated heterocycles. The Bertz CT molecular complexity index is 803. The van der Waals surface area contributed by atoms with E-state index >= 15 is 0 Å². The summed E-state index contributed by atoms with van der Waals surface area (Å²) in [5.41, 5.74) is 2.73. The van der Waals surface area contributed by atoms with Crippen LogP contribution in [-0.2, 0) is 6.54 Å². The molecule has 0 amide bonds. The van der Waals surface area contributed by atoms with Gasteiger partial charge in [-0.15, -0.1) is 0 Å². The second-order valence-corrected chi connectivity index (χ2v) is 5.83. The monoisotopic (exact) mass is 336 g/mol. The predicted octanol–water partition coefficient (Wildman–Crippen LogP) is 5.81. The van der Waals surface area contributed by atoms with E-state index in [9.17, 15) is 0 Å². The van der Waals surface area contributed by atoms with Crippen molar-refractivity contribution in [3.05, 3.63) is 69.3 Å². The Kier molecular flexibility index (Phi) is 4.20. The molecule has 3 rings (SSSR count). The third-order valence-corrected chi connectivity index (χ3v) is 4.09. The van der Waals surface area contributed by atoms with Crippen LogP contribution in [0, 0.1) is 0 Å². The smallest absolute Gasteiger partial charge is 0.0766 e. The van der Waals surface area contributed by atoms with E-state index in [1.54, 1.807) is 24.4 Å². The molecule has 0 radical (unpaired) electrons. The fraction of sp³-hybridized carbons (Fsp3) is 0.0625. The molecule has 1 heterocycles. The Balaban J connectivity index is 1.92. The highest BCUT2D eigenvalue weighted by Crippen LogP contribution is 2.28. The molecule has 0 atom stereocenters. The van der Waals surface area contributed by atoms with Gasteiger partial charge in [0, 0.05) is 28.2 Å². The first-order chi connectivity index (χ1) is 10.1. The zero-order chi connectivity index (χ0) is 14.8. The predicted molar refractivity (Wildman–Crippen MR) is 90.5 cm³/mol. The number of halogens is 3. The van der Waals surface area contributed by atoms with E-state index in [4.69, 9.17) is 34.8 Å². The summed E-state index contributed by atoms with van der Waals surface area (Å²) < 4.78 is 0. The van der Waals surface area contributed by atoms with Crippen molar-refractivity contribution in [3.8, 4) is 0 Å². The topological polar surface area (TPSA) is 24.9 Å². The Morgan fingerprint density at radius 1 is 0.952 bits per heavy atom. The minimum absolute atomic E-state index is 0.588. The molecule has 21 heavy (non-hydrogen) atoms. The zero-order valence-electron chi connectivity index (χ0n) is 10.9. The highest BCUT2D eigenvalue weighted by molar-refractivity contribution is 6.35. The first kappa shape index (κ1) is 14.5. The highest BCUT2D eigenvalue weighted by Gasteiger charge is 2.07. The molecule has 0 aliphatic rings. The zero-order valence-corrected chi connectivity index (χ0v) is 13.2. The van der Waals surface area contributed by atoms with Gasteiger partial charge >= 0.3 is 0 Å². The number of nitrogens with one attached hydrogen (secondary N) is 1. The summed E-state index contributed by atoms with van der Waals surface area (Å²) in [7, 11) is 0. The summed E-state index contributed by atoms with van der Waals surface area (Å²) in [6.45, 7) is 0.588. The van der Waals surface area contributed by atoms with E-state index in [1.165, 1.54) is 0 Å². The second kappa shape index (κ2) is 6.10. The maximum absolute atomic E-state index is 6.19. The molecular formula is C16H11Cl3N2. The van der Waals surface area contributed by atoms with E-state index in [2.05, 4.69) is 10.3 Å². The maximum Gasteiger partial charge on any atom is 0.0766 e. The lowest BCUT2D eigenvalue weighted by Gasteiger charge is -2.11. The third kappa shape index (κ3) is 3.08. The number of aromatic nitrogens is 1. The molecule has 2 nitrogen and oxygen atoms in total. The molecule has 106 valence electrons. The van der Waals surface area contributed by atoms with Crippen molar-refractivity contribution in [1.29, 1.82) is 0 Å². The molecule has 5 heteroatoms. The lowest BCUT2D eigenvalue weighted by atomic mass is 10.1. The molecule has 0 saturated carbocycles. The molecule has 0 aliphatic heterocycles. The minimum atomic E-state index is 0.588. The molecule has 0 unspecified atom stereocenters. The van der Waals surface area contributed by atoms with Gasteiger partial charge < -0.3 is 5.32 Å². The van der Waals surface area contributed by atoms with E-state index in [0.717, 1.165) is 22.2 Å². The van der Waals surface area contributed by atoms with Gasteiger partial charge in [-0.1, -0.05) is 40.9 Å². The van der Waals surface area contributed by atoms with Gasteiger partial charge in [-0.3, -0.25) is 4.98 Å². The molecule has 3 aromatic rings. The average molecular weight is 338 g/mol. The molecule has 2 aromatic carbocycles. The Hall–Kier alpha value is -1.48. The van der Waals surface area contributed by atoms with E-state index in [-0.39, 0.29) is 0 Å². The number of hydrogen-bond donors (Lipinski definition) is 1. The quantitative estimate of drug-likeness (QED) is 0.652. The van der Waals surface area contributed by atoms with Crippen molar-refractivity contribution >= 4 is 51.4 Å². The van der Waals surface area contributed by atoms with Gasteiger partial charge in [-0.2, -0.15) is 0 Å². The molecule has 0 spiro atoms. The molecular weight excluding hydrogens is 327 g/mol. The van der Waals surface area contributed by atoms with Crippen LogP contribution >= 0.6 is 34.8 Å². The van der Waals surface area contributed by atoms with Crippen LogP contribution in [0.25, 0.3) is 10.9 Å². The summed E-state index contributed by atoms with van der Waals surface area (Å²) in [5, 5.41) is 6.19. The Labute approximate surface area is 137 Å². The average Bonchev–Trinajstić information content (AvgIpc) is 2.50. The van der Waals surface area contributed by atoms with Gasteiger partial charge in [-0.25, -0.2) is 0 Å². The summed E-state index contributed by atoms with van der Waals surface area (Å²) in [4.78, 5) is 4.41. The Morgan fingerprint density at radius 3 is 2.62 bits per heavy atom. The van der Waals surface area contributed by atoms with Crippen molar-refractivity contribution in [2.75, 3.05) is 5.32 Å². The van der Waals surface area contributed by atoms with E-state index in [0.29, 0.717) is 21.6 Å². The number of benzene rings is 2. The number of hydrogen-bond acceptors (Lipinski definition) is 2. The summed E-state index contributed by atoms with van der Waals surface area (Å²) in [6, 6.07) is 13.0. The number of anilines is 1. The van der Waals surface area contributed by atoms with Gasteiger partial charge in [0.05, 0.1) is 16.2 Å². The first-order valence-electron chi connectivity index (χ1n) is 6.36. The normalized spacial score (nSPS) is 10.8. The van der Waals surface area contributed by atoms with Crippen LogP contribution in [0.3, 0.4) is 0 Å². The molecule has 0 aliphatic carbocycles. The van der Waals surface area contributed by atoms with Crippen molar-refractivity contribution < 1.29 is 0 Å². The van der Waals surface area contributed by atoms with Crippen LogP contribution < -0.4 is 5.32 Å². The van der Waals surface area contributed by atoms with E-state index < -0.39 is 0 Å². The third-order valence-electron chi connectivity index (χ3n) is 3.20. The number of fused-ring (bicyclic) bond motifs is 1. The Morgan fingerprint density at radius 2 is 1.76 bits per heavy atom. The van der Waals surface area contributed by atoms with Crippen LogP contribution in [0.4, 0.5) is 5.69 Å². The summed E-state index contributed by atoms with van der Waals surface area (Å²) in [5.74, 6) is 0. The van der Waals surface area contributed by atoms with Gasteiger partial charge in [0.1, 0.15) is 0 Å². The summed E-state index contributed by atoms with van der Waals surface area (Å²) >= 11 is 18.3. The lowest BCUT2D eigenvalue weighted by molar-refractivity contribution is 1.15. The fourth-order valence-electron chi connectivity index (χ4n) is 2.16. The van der Waals surface area contributed by atoms with Gasteiger partial charge in [0.2, 0.25) is 0 Å². The molecule has 0 bridgehead atoms. The number of nitrogens with zero attached hydrogens (tertiary/aromatic N) is 1. The highest BCUT2D eigenvalue weighted by atomic mass is 35.5. The fourth-order valence-corrected chi connectivity index (χ4v) is 2.73. The van der Waals surface area contributed by atoms with Crippen LogP contribution in [0.1, 0.15) is 5.56 Å². The standard InChI is InChI=1S/C16H11Cl3N2/c17-11-4-6-14(19)15(8-11)21-9-10-3-5-13(18)12-2-1-7-20-16(10)12/h1-8,21H,9H2. The number of pyridine rings is 1. The van der Waals surface area contributed by atoms with Gasteiger partial charge in [-0.05, 0) is 42.0 Å². The lowest BCUT2D eigenvalue weighted by Crippen LogP contribution is -2.01. The molecule has 1 aromatic heterocycles. The van der Waals surface area contributed by atoms with E-state index in [1.807, 2.05) is 24.3 Å². The number of rotatable bonds is 3. The van der Waals surface area contributed by atoms with Gasteiger partial charge in [0.15, 0.2) is 0 Å². The first-order valence-corrected chi connectivity index (χ1v) is 7.49. The minimum Gasteiger partial charge on any atom is -0.380 e. The van der Waals surface area contributed by atoms with Gasteiger partial charge in [0.25, 0.3) is 0 Å². The largest absolute Gasteiger partial charge is 0.380 e. The van der Waals surface area contributed by atoms with Crippen LogP contribution in [0.2, 0.25) is 15.1 Å². The van der Waals surface area contributed by atoms with Crippen LogP contribution in [-0.4, -0.2) is 4.98 Å². The second-order valence-electron chi connectivity index (χ2n) is 4.58. The molecule has 0 fully saturated rings. The van der Waals surface area contributed by atoms with Crippen LogP contribution in [0.15, 0.2) is 48.7 Å².